The maximum Gasteiger partial charge on any atom is 0.211 e. The van der Waals surface area contributed by atoms with Gasteiger partial charge in [0.1, 0.15) is 5.82 Å². The lowest BCUT2D eigenvalue weighted by molar-refractivity contribution is 0.186. The Kier molecular flexibility index (Phi) is 5.56. The smallest absolute Gasteiger partial charge is 0.211 e. The average Bonchev–Trinajstić information content (AvgIpc) is 3.52. The van der Waals surface area contributed by atoms with E-state index in [-0.39, 0.29) is 11.5 Å². The number of aryl methyl sites for hydroxylation is 1. The van der Waals surface area contributed by atoms with E-state index in [9.17, 15) is 0 Å². The molecule has 8 nitrogen and oxygen atoms in total. The minimum atomic E-state index is 0.0458. The highest BCUT2D eigenvalue weighted by molar-refractivity contribution is 7.99. The number of nitrogens with one attached hydrogen (secondary N) is 1. The minimum Gasteiger partial charge on any atom is -0.366 e. The molecular weight excluding hydrogens is 504 g/mol. The Balaban J connectivity index is 1.15. The quantitative estimate of drug-likeness (QED) is 0.368. The Morgan fingerprint density at radius 1 is 1.11 bits per heavy atom. The largest absolute Gasteiger partial charge is 0.366 e. The van der Waals surface area contributed by atoms with Crippen molar-refractivity contribution in [2.45, 2.75) is 60.9 Å². The van der Waals surface area contributed by atoms with Gasteiger partial charge in [-0.1, -0.05) is 29.4 Å². The molecule has 1 spiro atoms. The van der Waals surface area contributed by atoms with Crippen LogP contribution in [-0.2, 0) is 6.42 Å². The second-order valence-corrected chi connectivity index (χ2v) is 11.9. The molecule has 0 bridgehead atoms. The summed E-state index contributed by atoms with van der Waals surface area (Å²) < 4.78 is 2.11. The van der Waals surface area contributed by atoms with Gasteiger partial charge in [0.15, 0.2) is 5.65 Å². The predicted molar refractivity (Wildman–Crippen MR) is 146 cm³/mol. The molecule has 2 aliphatic carbocycles. The summed E-state index contributed by atoms with van der Waals surface area (Å²) in [6.07, 6.45) is 12.9. The summed E-state index contributed by atoms with van der Waals surface area (Å²) >= 11 is 8.35. The standard InChI is InChI=1S/C27H29ClN8S/c1-16-22(37-20-6-10-31-24(21(20)28)34-17-4-5-17)25-32-11-14-36(25)26(33-16)35-12-7-27(8-13-35)15-19-18(23(27)29)3-2-9-30-19/h2-3,6,9-11,14,17,23H,4-5,7-8,12-13,15,29H2,1H3,(H,31,34)/t23-/m1/s1. The van der Waals surface area contributed by atoms with E-state index in [0.29, 0.717) is 11.1 Å². The molecule has 3 N–H and O–H groups in total. The molecule has 190 valence electrons. The summed E-state index contributed by atoms with van der Waals surface area (Å²) in [5.41, 5.74) is 11.1. The molecule has 4 aromatic heterocycles. The highest BCUT2D eigenvalue weighted by Crippen LogP contribution is 2.50. The van der Waals surface area contributed by atoms with E-state index in [4.69, 9.17) is 27.3 Å². The minimum absolute atomic E-state index is 0.0458. The summed E-state index contributed by atoms with van der Waals surface area (Å²) in [5, 5.41) is 4.08. The van der Waals surface area contributed by atoms with Crippen LogP contribution < -0.4 is 16.0 Å². The van der Waals surface area contributed by atoms with Crippen molar-refractivity contribution in [1.82, 2.24) is 24.3 Å². The predicted octanol–water partition coefficient (Wildman–Crippen LogP) is 5.05. The average molecular weight is 533 g/mol. The van der Waals surface area contributed by atoms with Gasteiger partial charge in [0.25, 0.3) is 0 Å². The Morgan fingerprint density at radius 2 is 1.95 bits per heavy atom. The molecule has 0 radical (unpaired) electrons. The second kappa shape index (κ2) is 8.85. The van der Waals surface area contributed by atoms with Crippen molar-refractivity contribution >= 4 is 40.8 Å². The van der Waals surface area contributed by atoms with Gasteiger partial charge >= 0.3 is 0 Å². The number of aromatic nitrogens is 5. The molecule has 7 rings (SSSR count). The Labute approximate surface area is 225 Å². The molecule has 10 heteroatoms. The lowest BCUT2D eigenvalue weighted by Crippen LogP contribution is -2.45. The number of fused-ring (bicyclic) bond motifs is 2. The Morgan fingerprint density at radius 3 is 2.73 bits per heavy atom. The third-order valence-electron chi connectivity index (χ3n) is 8.12. The molecule has 4 aromatic rings. The molecule has 0 unspecified atom stereocenters. The van der Waals surface area contributed by atoms with Gasteiger partial charge in [-0.15, -0.1) is 0 Å². The summed E-state index contributed by atoms with van der Waals surface area (Å²) in [4.78, 5) is 23.2. The van der Waals surface area contributed by atoms with E-state index >= 15 is 0 Å². The molecule has 0 amide bonds. The van der Waals surface area contributed by atoms with Crippen LogP contribution in [0.4, 0.5) is 11.8 Å². The fourth-order valence-corrected chi connectivity index (χ4v) is 7.08. The van der Waals surface area contributed by atoms with Crippen molar-refractivity contribution in [2.24, 2.45) is 11.1 Å². The van der Waals surface area contributed by atoms with Gasteiger partial charge in [-0.05, 0) is 62.1 Å². The first-order valence-electron chi connectivity index (χ1n) is 12.9. The lowest BCUT2D eigenvalue weighted by atomic mass is 9.73. The molecule has 1 atom stereocenters. The monoisotopic (exact) mass is 532 g/mol. The highest BCUT2D eigenvalue weighted by atomic mass is 35.5. The first-order valence-corrected chi connectivity index (χ1v) is 14.1. The second-order valence-electron chi connectivity index (χ2n) is 10.5. The normalized spacial score (nSPS) is 20.5. The number of pyridine rings is 2. The number of hydrogen-bond acceptors (Lipinski definition) is 8. The maximum atomic E-state index is 6.77. The van der Waals surface area contributed by atoms with Gasteiger partial charge in [0.2, 0.25) is 5.95 Å². The fourth-order valence-electron chi connectivity index (χ4n) is 5.82. The summed E-state index contributed by atoms with van der Waals surface area (Å²) in [6, 6.07) is 6.63. The zero-order chi connectivity index (χ0) is 25.1. The van der Waals surface area contributed by atoms with Crippen LogP contribution in [-0.4, -0.2) is 43.5 Å². The first kappa shape index (κ1) is 23.3. The third-order valence-corrected chi connectivity index (χ3v) is 9.86. The fraction of sp³-hybridized carbons (Fsp3) is 0.407. The number of imidazole rings is 1. The third kappa shape index (κ3) is 3.95. The van der Waals surface area contributed by atoms with E-state index in [1.165, 1.54) is 24.1 Å². The molecule has 1 aliphatic heterocycles. The number of piperidine rings is 1. The number of halogens is 1. The van der Waals surface area contributed by atoms with E-state index in [2.05, 4.69) is 37.6 Å². The summed E-state index contributed by atoms with van der Waals surface area (Å²) in [7, 11) is 0. The van der Waals surface area contributed by atoms with E-state index in [0.717, 1.165) is 65.3 Å². The van der Waals surface area contributed by atoms with Crippen molar-refractivity contribution in [1.29, 1.82) is 0 Å². The molecular formula is C27H29ClN8S. The van der Waals surface area contributed by atoms with Crippen LogP contribution >= 0.6 is 23.4 Å². The molecule has 1 saturated heterocycles. The van der Waals surface area contributed by atoms with Gasteiger partial charge in [-0.2, -0.15) is 0 Å². The number of anilines is 2. The van der Waals surface area contributed by atoms with E-state index in [1.807, 2.05) is 36.9 Å². The number of hydrogen-bond donors (Lipinski definition) is 2. The first-order chi connectivity index (χ1) is 18.0. The topological polar surface area (TPSA) is 97.3 Å². The zero-order valence-corrected chi connectivity index (χ0v) is 22.3. The molecule has 3 aliphatic rings. The number of nitrogens with two attached hydrogens (primary N) is 1. The molecule has 0 aromatic carbocycles. The van der Waals surface area contributed by atoms with Gasteiger partial charge in [-0.25, -0.2) is 15.0 Å². The van der Waals surface area contributed by atoms with Crippen molar-refractivity contribution in [3.8, 4) is 0 Å². The van der Waals surface area contributed by atoms with Crippen LogP contribution in [0.25, 0.3) is 5.65 Å². The van der Waals surface area contributed by atoms with Gasteiger partial charge in [-0.3, -0.25) is 9.38 Å². The maximum absolute atomic E-state index is 6.77. The van der Waals surface area contributed by atoms with Crippen molar-refractivity contribution in [3.63, 3.8) is 0 Å². The van der Waals surface area contributed by atoms with Gasteiger partial charge in [0, 0.05) is 60.5 Å². The van der Waals surface area contributed by atoms with Crippen LogP contribution in [0.3, 0.4) is 0 Å². The number of rotatable bonds is 5. The van der Waals surface area contributed by atoms with Crippen molar-refractivity contribution in [2.75, 3.05) is 23.3 Å². The highest BCUT2D eigenvalue weighted by Gasteiger charge is 2.47. The lowest BCUT2D eigenvalue weighted by Gasteiger charge is -2.42. The van der Waals surface area contributed by atoms with Crippen LogP contribution in [0.1, 0.15) is 48.7 Å². The number of nitrogens with zero attached hydrogens (tertiary/aromatic N) is 6. The van der Waals surface area contributed by atoms with Crippen LogP contribution in [0.2, 0.25) is 5.02 Å². The molecule has 2 fully saturated rings. The Hall–Kier alpha value is -2.88. The molecule has 37 heavy (non-hydrogen) atoms. The van der Waals surface area contributed by atoms with Crippen LogP contribution in [0.5, 0.6) is 0 Å². The SMILES string of the molecule is Cc1nc(N2CCC3(CC2)Cc2ncccc2[C@H]3N)n2ccnc2c1Sc1ccnc(NC2CC2)c1Cl. The Bertz CT molecular complexity index is 1490. The summed E-state index contributed by atoms with van der Waals surface area (Å²) in [6.45, 7) is 3.86. The van der Waals surface area contributed by atoms with Crippen LogP contribution in [0.15, 0.2) is 52.8 Å². The van der Waals surface area contributed by atoms with Crippen molar-refractivity contribution < 1.29 is 0 Å². The van der Waals surface area contributed by atoms with Gasteiger partial charge in [0.05, 0.1) is 15.6 Å². The molecule has 5 heterocycles. The van der Waals surface area contributed by atoms with Crippen molar-refractivity contribution in [3.05, 3.63) is 65.0 Å². The molecule has 1 saturated carbocycles. The zero-order valence-electron chi connectivity index (χ0n) is 20.7. The van der Waals surface area contributed by atoms with E-state index in [1.54, 1.807) is 11.8 Å². The van der Waals surface area contributed by atoms with Gasteiger partial charge < -0.3 is 16.0 Å². The van der Waals surface area contributed by atoms with Crippen LogP contribution in [0, 0.1) is 12.3 Å². The summed E-state index contributed by atoms with van der Waals surface area (Å²) in [5.74, 6) is 1.68. The van der Waals surface area contributed by atoms with E-state index < -0.39 is 0 Å².